The van der Waals surface area contributed by atoms with Crippen LogP contribution in [0.25, 0.3) is 0 Å². The Hall–Kier alpha value is -1.35. The molecule has 0 saturated carbocycles. The minimum Gasteiger partial charge on any atom is -0.481 e. The Bertz CT molecular complexity index is 415. The SMILES string of the molecule is NCC(CC(=O)O)c1cccc2c1CCCC2. The normalized spacial score (nSPS) is 16.3. The van der Waals surface area contributed by atoms with E-state index in [1.165, 1.54) is 24.0 Å². The molecule has 3 N–H and O–H groups in total. The Morgan fingerprint density at radius 2 is 2.12 bits per heavy atom. The lowest BCUT2D eigenvalue weighted by Gasteiger charge is -2.23. The number of carboxylic acids is 1. The van der Waals surface area contributed by atoms with Crippen molar-refractivity contribution in [1.82, 2.24) is 0 Å². The maximum atomic E-state index is 10.9. The van der Waals surface area contributed by atoms with E-state index in [2.05, 4.69) is 6.07 Å². The van der Waals surface area contributed by atoms with Gasteiger partial charge in [-0.05, 0) is 48.9 Å². The Balaban J connectivity index is 2.32. The molecule has 1 aliphatic rings. The van der Waals surface area contributed by atoms with Crippen LogP contribution in [-0.2, 0) is 17.6 Å². The summed E-state index contributed by atoms with van der Waals surface area (Å²) in [5.41, 5.74) is 9.63. The van der Waals surface area contributed by atoms with Gasteiger partial charge in [-0.15, -0.1) is 0 Å². The molecule has 0 aromatic heterocycles. The predicted molar refractivity (Wildman–Crippen MR) is 67.1 cm³/mol. The van der Waals surface area contributed by atoms with Crippen LogP contribution in [-0.4, -0.2) is 17.6 Å². The molecule has 1 atom stereocenters. The van der Waals surface area contributed by atoms with Crippen LogP contribution >= 0.6 is 0 Å². The first kappa shape index (κ1) is 12.1. The molecule has 0 aliphatic heterocycles. The number of hydrogen-bond acceptors (Lipinski definition) is 2. The highest BCUT2D eigenvalue weighted by molar-refractivity contribution is 5.68. The maximum Gasteiger partial charge on any atom is 0.304 e. The fourth-order valence-electron chi connectivity index (χ4n) is 2.72. The molecule has 17 heavy (non-hydrogen) atoms. The molecule has 0 spiro atoms. The number of aryl methyl sites for hydroxylation is 1. The highest BCUT2D eigenvalue weighted by Crippen LogP contribution is 2.30. The third-order valence-corrected chi connectivity index (χ3v) is 3.58. The number of nitrogens with two attached hydrogens (primary N) is 1. The van der Waals surface area contributed by atoms with Crippen LogP contribution in [0.15, 0.2) is 18.2 Å². The molecule has 0 amide bonds. The number of benzene rings is 1. The third kappa shape index (κ3) is 2.67. The second-order valence-corrected chi connectivity index (χ2v) is 4.72. The van der Waals surface area contributed by atoms with Crippen molar-refractivity contribution >= 4 is 5.97 Å². The number of hydrogen-bond donors (Lipinski definition) is 2. The van der Waals surface area contributed by atoms with E-state index in [-0.39, 0.29) is 12.3 Å². The first-order valence-electron chi connectivity index (χ1n) is 6.25. The van der Waals surface area contributed by atoms with Crippen LogP contribution in [0, 0.1) is 0 Å². The summed E-state index contributed by atoms with van der Waals surface area (Å²) in [7, 11) is 0. The Morgan fingerprint density at radius 1 is 1.35 bits per heavy atom. The highest BCUT2D eigenvalue weighted by atomic mass is 16.4. The van der Waals surface area contributed by atoms with E-state index in [0.717, 1.165) is 18.4 Å². The number of carboxylic acid groups (broad SMARTS) is 1. The smallest absolute Gasteiger partial charge is 0.304 e. The van der Waals surface area contributed by atoms with Gasteiger partial charge in [0.2, 0.25) is 0 Å². The van der Waals surface area contributed by atoms with E-state index in [4.69, 9.17) is 10.8 Å². The number of fused-ring (bicyclic) bond motifs is 1. The minimum atomic E-state index is -0.770. The summed E-state index contributed by atoms with van der Waals surface area (Å²) in [6.45, 7) is 0.406. The molecule has 3 nitrogen and oxygen atoms in total. The summed E-state index contributed by atoms with van der Waals surface area (Å²) < 4.78 is 0. The molecule has 1 unspecified atom stereocenters. The van der Waals surface area contributed by atoms with Crippen LogP contribution in [0.5, 0.6) is 0 Å². The lowest BCUT2D eigenvalue weighted by Crippen LogP contribution is -2.19. The summed E-state index contributed by atoms with van der Waals surface area (Å²) in [6, 6.07) is 6.24. The van der Waals surface area contributed by atoms with Gasteiger partial charge in [0.05, 0.1) is 6.42 Å². The first-order chi connectivity index (χ1) is 8.22. The van der Waals surface area contributed by atoms with Crippen molar-refractivity contribution in [2.24, 2.45) is 5.73 Å². The topological polar surface area (TPSA) is 63.3 Å². The van der Waals surface area contributed by atoms with E-state index in [0.29, 0.717) is 6.54 Å². The van der Waals surface area contributed by atoms with E-state index < -0.39 is 5.97 Å². The van der Waals surface area contributed by atoms with Crippen molar-refractivity contribution in [3.8, 4) is 0 Å². The van der Waals surface area contributed by atoms with Crippen LogP contribution < -0.4 is 5.73 Å². The van der Waals surface area contributed by atoms with Gasteiger partial charge in [0.15, 0.2) is 0 Å². The van der Waals surface area contributed by atoms with Crippen molar-refractivity contribution in [2.45, 2.75) is 38.0 Å². The van der Waals surface area contributed by atoms with Crippen molar-refractivity contribution in [2.75, 3.05) is 6.54 Å². The molecule has 92 valence electrons. The maximum absolute atomic E-state index is 10.9. The quantitative estimate of drug-likeness (QED) is 0.837. The van der Waals surface area contributed by atoms with E-state index in [1.54, 1.807) is 0 Å². The molecule has 0 saturated heterocycles. The monoisotopic (exact) mass is 233 g/mol. The molecule has 0 heterocycles. The van der Waals surface area contributed by atoms with Crippen LogP contribution in [0.4, 0.5) is 0 Å². The summed E-state index contributed by atoms with van der Waals surface area (Å²) in [6.07, 6.45) is 4.76. The summed E-state index contributed by atoms with van der Waals surface area (Å²) in [4.78, 5) is 10.9. The largest absolute Gasteiger partial charge is 0.481 e. The van der Waals surface area contributed by atoms with Crippen LogP contribution in [0.3, 0.4) is 0 Å². The highest BCUT2D eigenvalue weighted by Gasteiger charge is 2.20. The van der Waals surface area contributed by atoms with Gasteiger partial charge in [0.1, 0.15) is 0 Å². The zero-order chi connectivity index (χ0) is 12.3. The van der Waals surface area contributed by atoms with Gasteiger partial charge >= 0.3 is 5.97 Å². The first-order valence-corrected chi connectivity index (χ1v) is 6.25. The van der Waals surface area contributed by atoms with E-state index in [1.807, 2.05) is 12.1 Å². The average Bonchev–Trinajstić information content (AvgIpc) is 2.35. The third-order valence-electron chi connectivity index (χ3n) is 3.58. The number of aliphatic carboxylic acids is 1. The van der Waals surface area contributed by atoms with Crippen LogP contribution in [0.1, 0.15) is 41.9 Å². The second kappa shape index (κ2) is 5.32. The minimum absolute atomic E-state index is 0.0412. The zero-order valence-corrected chi connectivity index (χ0v) is 9.98. The summed E-state index contributed by atoms with van der Waals surface area (Å²) >= 11 is 0. The molecule has 1 aromatic rings. The average molecular weight is 233 g/mol. The molecule has 3 heteroatoms. The Morgan fingerprint density at radius 3 is 2.82 bits per heavy atom. The van der Waals surface area contributed by atoms with Crippen molar-refractivity contribution in [3.63, 3.8) is 0 Å². The van der Waals surface area contributed by atoms with Crippen molar-refractivity contribution < 1.29 is 9.90 Å². The van der Waals surface area contributed by atoms with Gasteiger partial charge in [-0.25, -0.2) is 0 Å². The van der Waals surface area contributed by atoms with Gasteiger partial charge in [-0.2, -0.15) is 0 Å². The lowest BCUT2D eigenvalue weighted by atomic mass is 9.82. The van der Waals surface area contributed by atoms with Gasteiger partial charge in [-0.1, -0.05) is 18.2 Å². The van der Waals surface area contributed by atoms with Crippen molar-refractivity contribution in [1.29, 1.82) is 0 Å². The predicted octanol–water partition coefficient (Wildman–Crippen LogP) is 2.08. The van der Waals surface area contributed by atoms with Gasteiger partial charge in [0, 0.05) is 5.92 Å². The molecule has 1 aliphatic carbocycles. The number of carbonyl (C=O) groups is 1. The fraction of sp³-hybridized carbons (Fsp3) is 0.500. The van der Waals surface area contributed by atoms with Gasteiger partial charge < -0.3 is 10.8 Å². The van der Waals surface area contributed by atoms with Crippen molar-refractivity contribution in [3.05, 3.63) is 34.9 Å². The Kier molecular flexibility index (Phi) is 3.79. The van der Waals surface area contributed by atoms with E-state index >= 15 is 0 Å². The Labute approximate surface area is 102 Å². The standard InChI is InChI=1S/C14H19NO2/c15-9-11(8-14(16)17)13-7-3-5-10-4-1-2-6-12(10)13/h3,5,7,11H,1-2,4,6,8-9,15H2,(H,16,17). The summed E-state index contributed by atoms with van der Waals surface area (Å²) in [5, 5.41) is 8.92. The fourth-order valence-corrected chi connectivity index (χ4v) is 2.72. The molecule has 0 fully saturated rings. The second-order valence-electron chi connectivity index (χ2n) is 4.72. The molecule has 1 aromatic carbocycles. The van der Waals surface area contributed by atoms with Gasteiger partial charge in [-0.3, -0.25) is 4.79 Å². The molecular weight excluding hydrogens is 214 g/mol. The van der Waals surface area contributed by atoms with Gasteiger partial charge in [0.25, 0.3) is 0 Å². The number of rotatable bonds is 4. The van der Waals surface area contributed by atoms with Crippen LogP contribution in [0.2, 0.25) is 0 Å². The summed E-state index contributed by atoms with van der Waals surface area (Å²) in [5.74, 6) is -0.811. The lowest BCUT2D eigenvalue weighted by molar-refractivity contribution is -0.137. The van der Waals surface area contributed by atoms with E-state index in [9.17, 15) is 4.79 Å². The molecule has 0 bridgehead atoms. The molecule has 2 rings (SSSR count). The molecular formula is C14H19NO2. The molecule has 0 radical (unpaired) electrons. The zero-order valence-electron chi connectivity index (χ0n) is 9.98.